The SMILES string of the molecule is CCC(=O)c1ccc(Nc2nc(=O)n(C(C)C)c(=O)n2Cc2ccc(Cl)cc2)cc1. The largest absolute Gasteiger partial charge is 0.355 e. The first kappa shape index (κ1) is 21.5. The molecular weight excluding hydrogens is 404 g/mol. The molecule has 8 heteroatoms. The summed E-state index contributed by atoms with van der Waals surface area (Å²) in [6.07, 6.45) is 0.419. The minimum absolute atomic E-state index is 0.0406. The summed E-state index contributed by atoms with van der Waals surface area (Å²) in [5, 5.41) is 3.63. The van der Waals surface area contributed by atoms with Crippen molar-refractivity contribution in [2.24, 2.45) is 0 Å². The van der Waals surface area contributed by atoms with Gasteiger partial charge in [0.1, 0.15) is 0 Å². The van der Waals surface area contributed by atoms with Crippen molar-refractivity contribution in [2.75, 3.05) is 5.32 Å². The number of Topliss-reactive ketones (excluding diaryl/α,β-unsaturated/α-hetero) is 1. The smallest absolute Gasteiger partial charge is 0.325 e. The molecule has 0 bridgehead atoms. The highest BCUT2D eigenvalue weighted by Crippen LogP contribution is 2.17. The Kier molecular flexibility index (Phi) is 6.52. The molecule has 0 fully saturated rings. The molecule has 2 aromatic carbocycles. The number of nitrogens with one attached hydrogen (secondary N) is 1. The Morgan fingerprint density at radius 3 is 2.27 bits per heavy atom. The molecule has 7 nitrogen and oxygen atoms in total. The molecule has 1 aromatic heterocycles. The van der Waals surface area contributed by atoms with E-state index < -0.39 is 11.4 Å². The number of rotatable bonds is 7. The van der Waals surface area contributed by atoms with Gasteiger partial charge in [-0.1, -0.05) is 30.7 Å². The molecule has 0 aliphatic rings. The summed E-state index contributed by atoms with van der Waals surface area (Å²) < 4.78 is 2.53. The van der Waals surface area contributed by atoms with Crippen LogP contribution in [-0.4, -0.2) is 19.9 Å². The van der Waals surface area contributed by atoms with Crippen LogP contribution in [-0.2, 0) is 6.54 Å². The van der Waals surface area contributed by atoms with Crippen LogP contribution in [0.2, 0.25) is 5.02 Å². The van der Waals surface area contributed by atoms with Crippen LogP contribution in [0.15, 0.2) is 58.1 Å². The average molecular weight is 427 g/mol. The summed E-state index contributed by atoms with van der Waals surface area (Å²) in [6, 6.07) is 13.6. The van der Waals surface area contributed by atoms with Crippen LogP contribution >= 0.6 is 11.6 Å². The number of ketones is 1. The highest BCUT2D eigenvalue weighted by molar-refractivity contribution is 6.30. The lowest BCUT2D eigenvalue weighted by atomic mass is 10.1. The van der Waals surface area contributed by atoms with Crippen LogP contribution in [0.4, 0.5) is 11.6 Å². The Bertz CT molecular complexity index is 1160. The van der Waals surface area contributed by atoms with Crippen molar-refractivity contribution in [3.63, 3.8) is 0 Å². The molecule has 0 aliphatic heterocycles. The number of carbonyl (C=O) groups excluding carboxylic acids is 1. The summed E-state index contributed by atoms with van der Waals surface area (Å²) >= 11 is 5.95. The minimum atomic E-state index is -0.623. The van der Waals surface area contributed by atoms with E-state index in [-0.39, 0.29) is 24.3 Å². The maximum absolute atomic E-state index is 13.1. The third-order valence-electron chi connectivity index (χ3n) is 4.65. The van der Waals surface area contributed by atoms with E-state index in [1.54, 1.807) is 57.2 Å². The van der Waals surface area contributed by atoms with E-state index in [0.717, 1.165) is 10.1 Å². The van der Waals surface area contributed by atoms with Gasteiger partial charge in [-0.15, -0.1) is 0 Å². The third-order valence-corrected chi connectivity index (χ3v) is 4.91. The fourth-order valence-corrected chi connectivity index (χ4v) is 3.16. The minimum Gasteiger partial charge on any atom is -0.325 e. The van der Waals surface area contributed by atoms with Crippen LogP contribution < -0.4 is 16.7 Å². The van der Waals surface area contributed by atoms with Gasteiger partial charge in [0, 0.05) is 28.7 Å². The Balaban J connectivity index is 2.04. The number of hydrogen-bond acceptors (Lipinski definition) is 5. The Hall–Kier alpha value is -3.19. The van der Waals surface area contributed by atoms with Gasteiger partial charge in [-0.2, -0.15) is 4.98 Å². The van der Waals surface area contributed by atoms with Gasteiger partial charge in [-0.25, -0.2) is 14.2 Å². The van der Waals surface area contributed by atoms with Gasteiger partial charge in [-0.3, -0.25) is 9.36 Å². The molecule has 0 spiro atoms. The molecular formula is C22H23ClN4O3. The maximum atomic E-state index is 13.1. The van der Waals surface area contributed by atoms with Gasteiger partial charge in [0.05, 0.1) is 6.54 Å². The Morgan fingerprint density at radius 1 is 1.07 bits per heavy atom. The number of carbonyl (C=O) groups is 1. The van der Waals surface area contributed by atoms with Crippen molar-refractivity contribution in [1.29, 1.82) is 0 Å². The molecule has 1 heterocycles. The number of benzene rings is 2. The quantitative estimate of drug-likeness (QED) is 0.576. The zero-order valence-corrected chi connectivity index (χ0v) is 17.8. The molecule has 30 heavy (non-hydrogen) atoms. The van der Waals surface area contributed by atoms with Crippen molar-refractivity contribution < 1.29 is 4.79 Å². The van der Waals surface area contributed by atoms with E-state index in [4.69, 9.17) is 11.6 Å². The molecule has 0 saturated carbocycles. The normalized spacial score (nSPS) is 11.0. The van der Waals surface area contributed by atoms with E-state index in [1.165, 1.54) is 4.57 Å². The second-order valence-electron chi connectivity index (χ2n) is 7.16. The third kappa shape index (κ3) is 4.68. The second-order valence-corrected chi connectivity index (χ2v) is 7.59. The lowest BCUT2D eigenvalue weighted by Crippen LogP contribution is -2.43. The first-order chi connectivity index (χ1) is 14.3. The highest BCUT2D eigenvalue weighted by atomic mass is 35.5. The van der Waals surface area contributed by atoms with Crippen LogP contribution in [0.1, 0.15) is 49.2 Å². The molecule has 0 unspecified atom stereocenters. The molecule has 0 atom stereocenters. The molecule has 156 valence electrons. The van der Waals surface area contributed by atoms with Gasteiger partial charge in [0.2, 0.25) is 5.95 Å². The number of anilines is 2. The van der Waals surface area contributed by atoms with Crippen LogP contribution in [0, 0.1) is 0 Å². The lowest BCUT2D eigenvalue weighted by molar-refractivity contribution is 0.0988. The summed E-state index contributed by atoms with van der Waals surface area (Å²) in [5.74, 6) is 0.172. The van der Waals surface area contributed by atoms with E-state index in [0.29, 0.717) is 22.7 Å². The number of hydrogen-bond donors (Lipinski definition) is 1. The van der Waals surface area contributed by atoms with Gasteiger partial charge in [-0.05, 0) is 55.8 Å². The fourth-order valence-electron chi connectivity index (χ4n) is 3.03. The van der Waals surface area contributed by atoms with Gasteiger partial charge >= 0.3 is 11.4 Å². The molecule has 0 aliphatic carbocycles. The fraction of sp³-hybridized carbons (Fsp3) is 0.273. The molecule has 0 amide bonds. The van der Waals surface area contributed by atoms with E-state index >= 15 is 0 Å². The van der Waals surface area contributed by atoms with Crippen molar-refractivity contribution in [3.05, 3.63) is 85.6 Å². The van der Waals surface area contributed by atoms with Gasteiger partial charge in [0.25, 0.3) is 0 Å². The van der Waals surface area contributed by atoms with E-state index in [9.17, 15) is 14.4 Å². The number of halogens is 1. The topological polar surface area (TPSA) is 86.0 Å². The van der Waals surface area contributed by atoms with Gasteiger partial charge < -0.3 is 5.32 Å². The summed E-state index contributed by atoms with van der Waals surface area (Å²) in [5.41, 5.74) is 0.970. The standard InChI is InChI=1S/C22H23ClN4O3/c1-4-19(28)16-7-11-18(12-8-16)24-20-25-21(29)27(14(2)3)22(30)26(20)13-15-5-9-17(23)10-6-15/h5-12,14H,4,13H2,1-3H3,(H,24,25,29). The first-order valence-corrected chi connectivity index (χ1v) is 10.1. The lowest BCUT2D eigenvalue weighted by Gasteiger charge is -2.17. The predicted octanol–water partition coefficient (Wildman–Crippen LogP) is 4.02. The first-order valence-electron chi connectivity index (χ1n) is 9.68. The molecule has 0 radical (unpaired) electrons. The van der Waals surface area contributed by atoms with Crippen molar-refractivity contribution in [2.45, 2.75) is 39.8 Å². The van der Waals surface area contributed by atoms with E-state index in [2.05, 4.69) is 10.3 Å². The van der Waals surface area contributed by atoms with Crippen LogP contribution in [0.3, 0.4) is 0 Å². The Morgan fingerprint density at radius 2 is 1.70 bits per heavy atom. The Labute approximate surface area is 179 Å². The molecule has 3 rings (SSSR count). The number of nitrogens with zero attached hydrogens (tertiary/aromatic N) is 3. The average Bonchev–Trinajstić information content (AvgIpc) is 2.72. The molecule has 0 saturated heterocycles. The summed E-state index contributed by atoms with van der Waals surface area (Å²) in [7, 11) is 0. The highest BCUT2D eigenvalue weighted by Gasteiger charge is 2.16. The predicted molar refractivity (Wildman–Crippen MR) is 118 cm³/mol. The summed E-state index contributed by atoms with van der Waals surface area (Å²) in [6.45, 7) is 5.53. The van der Waals surface area contributed by atoms with Crippen molar-refractivity contribution >= 4 is 29.0 Å². The monoisotopic (exact) mass is 426 g/mol. The molecule has 3 aromatic rings. The number of aromatic nitrogens is 3. The molecule has 1 N–H and O–H groups in total. The second kappa shape index (κ2) is 9.09. The zero-order chi connectivity index (χ0) is 21.8. The summed E-state index contributed by atoms with van der Waals surface area (Å²) in [4.78, 5) is 41.5. The van der Waals surface area contributed by atoms with Crippen molar-refractivity contribution in [1.82, 2.24) is 14.1 Å². The van der Waals surface area contributed by atoms with Gasteiger partial charge in [0.15, 0.2) is 5.78 Å². The maximum Gasteiger partial charge on any atom is 0.355 e. The van der Waals surface area contributed by atoms with Crippen LogP contribution in [0.25, 0.3) is 0 Å². The zero-order valence-electron chi connectivity index (χ0n) is 17.1. The van der Waals surface area contributed by atoms with Crippen LogP contribution in [0.5, 0.6) is 0 Å². The van der Waals surface area contributed by atoms with Crippen molar-refractivity contribution in [3.8, 4) is 0 Å². The van der Waals surface area contributed by atoms with E-state index in [1.807, 2.05) is 12.1 Å².